The lowest BCUT2D eigenvalue weighted by Gasteiger charge is -2.18. The molecule has 34 heavy (non-hydrogen) atoms. The molecular formula is C23H20BrCl2NO6S. The number of ether oxygens (including phenoxy) is 3. The van der Waals surface area contributed by atoms with E-state index in [1.807, 2.05) is 6.92 Å². The quantitative estimate of drug-likeness (QED) is 0.263. The van der Waals surface area contributed by atoms with Crippen LogP contribution < -0.4 is 9.47 Å². The first-order valence-electron chi connectivity index (χ1n) is 10.0. The molecular weight excluding hydrogens is 569 g/mol. The minimum atomic E-state index is -1.03. The van der Waals surface area contributed by atoms with Crippen molar-refractivity contribution in [2.75, 3.05) is 13.7 Å². The van der Waals surface area contributed by atoms with Crippen molar-refractivity contribution in [1.29, 1.82) is 0 Å². The Morgan fingerprint density at radius 3 is 2.53 bits per heavy atom. The van der Waals surface area contributed by atoms with Gasteiger partial charge in [-0.2, -0.15) is 0 Å². The average molecular weight is 589 g/mol. The molecule has 0 aliphatic carbocycles. The Kier molecular flexibility index (Phi) is 8.92. The van der Waals surface area contributed by atoms with E-state index in [0.717, 1.165) is 22.2 Å². The van der Waals surface area contributed by atoms with Crippen molar-refractivity contribution in [3.63, 3.8) is 0 Å². The normalized spacial score (nSPS) is 15.6. The SMILES string of the molecule is CCOc1cc(/C=C2/SC(=O)N([C@H](C)C(=O)OC)C2=O)c(Br)cc1OCc1ccc(Cl)cc1Cl. The second kappa shape index (κ2) is 11.5. The fourth-order valence-corrected chi connectivity index (χ4v) is 4.87. The Hall–Kier alpha value is -2.20. The van der Waals surface area contributed by atoms with Crippen LogP contribution in [0.3, 0.4) is 0 Å². The number of rotatable bonds is 8. The maximum atomic E-state index is 12.8. The standard InChI is InChI=1S/C23H20BrCl2NO6S/c1-4-32-18-7-14(8-20-21(28)27(23(30)34-20)12(2)22(29)31-3)16(24)10-19(18)33-11-13-5-6-15(25)9-17(13)26/h5-10,12H,4,11H2,1-3H3/b20-8+/t12-/m1/s1. The first kappa shape index (κ1) is 26.4. The van der Waals surface area contributed by atoms with E-state index < -0.39 is 23.2 Å². The molecule has 1 fully saturated rings. The van der Waals surface area contributed by atoms with E-state index in [-0.39, 0.29) is 11.5 Å². The lowest BCUT2D eigenvalue weighted by molar-refractivity contribution is -0.148. The van der Waals surface area contributed by atoms with Crippen LogP contribution in [0.1, 0.15) is 25.0 Å². The number of imide groups is 1. The van der Waals surface area contributed by atoms with Gasteiger partial charge in [0.25, 0.3) is 11.1 Å². The molecule has 1 aliphatic rings. The van der Waals surface area contributed by atoms with Gasteiger partial charge >= 0.3 is 5.97 Å². The molecule has 0 N–H and O–H groups in total. The minimum absolute atomic E-state index is 0.172. The second-order valence-corrected chi connectivity index (χ2v) is 9.72. The summed E-state index contributed by atoms with van der Waals surface area (Å²) >= 11 is 16.4. The van der Waals surface area contributed by atoms with Gasteiger partial charge in [-0.25, -0.2) is 4.79 Å². The van der Waals surface area contributed by atoms with Gasteiger partial charge in [0, 0.05) is 20.1 Å². The smallest absolute Gasteiger partial charge is 0.328 e. The number of hydrogen-bond acceptors (Lipinski definition) is 7. The van der Waals surface area contributed by atoms with Gasteiger partial charge in [-0.15, -0.1) is 0 Å². The van der Waals surface area contributed by atoms with E-state index in [1.165, 1.54) is 14.0 Å². The topological polar surface area (TPSA) is 82.1 Å². The third-order valence-electron chi connectivity index (χ3n) is 4.80. The van der Waals surface area contributed by atoms with Gasteiger partial charge in [-0.05, 0) is 61.5 Å². The third-order valence-corrected chi connectivity index (χ3v) is 6.96. The zero-order chi connectivity index (χ0) is 25.0. The van der Waals surface area contributed by atoms with Crippen molar-refractivity contribution in [1.82, 2.24) is 4.90 Å². The van der Waals surface area contributed by atoms with E-state index >= 15 is 0 Å². The van der Waals surface area contributed by atoms with Crippen LogP contribution in [0.4, 0.5) is 4.79 Å². The number of esters is 1. The van der Waals surface area contributed by atoms with Crippen molar-refractivity contribution in [2.24, 2.45) is 0 Å². The summed E-state index contributed by atoms with van der Waals surface area (Å²) in [5.41, 5.74) is 1.35. The molecule has 2 aromatic rings. The molecule has 1 heterocycles. The highest BCUT2D eigenvalue weighted by Gasteiger charge is 2.41. The third kappa shape index (κ3) is 5.89. The number of halogens is 3. The molecule has 0 unspecified atom stereocenters. The van der Waals surface area contributed by atoms with Crippen LogP contribution in [-0.2, 0) is 20.9 Å². The van der Waals surface area contributed by atoms with Gasteiger partial charge < -0.3 is 14.2 Å². The molecule has 0 radical (unpaired) electrons. The fourth-order valence-electron chi connectivity index (χ4n) is 3.07. The van der Waals surface area contributed by atoms with Crippen molar-refractivity contribution < 1.29 is 28.6 Å². The Balaban J connectivity index is 1.87. The zero-order valence-electron chi connectivity index (χ0n) is 18.4. The first-order chi connectivity index (χ1) is 16.2. The lowest BCUT2D eigenvalue weighted by Crippen LogP contribution is -2.42. The van der Waals surface area contributed by atoms with Gasteiger partial charge in [0.15, 0.2) is 11.5 Å². The lowest BCUT2D eigenvalue weighted by atomic mass is 10.1. The Morgan fingerprint density at radius 1 is 1.18 bits per heavy atom. The highest BCUT2D eigenvalue weighted by Crippen LogP contribution is 2.39. The monoisotopic (exact) mass is 587 g/mol. The van der Waals surface area contributed by atoms with Gasteiger partial charge in [0.05, 0.1) is 18.6 Å². The van der Waals surface area contributed by atoms with Gasteiger partial charge in [0.1, 0.15) is 12.6 Å². The summed E-state index contributed by atoms with van der Waals surface area (Å²) in [4.78, 5) is 38.0. The molecule has 11 heteroatoms. The van der Waals surface area contributed by atoms with Crippen LogP contribution in [0.15, 0.2) is 39.7 Å². The number of carbonyl (C=O) groups excluding carboxylic acids is 3. The second-order valence-electron chi connectivity index (χ2n) is 7.03. The van der Waals surface area contributed by atoms with E-state index in [9.17, 15) is 14.4 Å². The summed E-state index contributed by atoms with van der Waals surface area (Å²) < 4.78 is 16.9. The van der Waals surface area contributed by atoms with Crippen LogP contribution in [-0.4, -0.2) is 41.8 Å². The summed E-state index contributed by atoms with van der Waals surface area (Å²) in [6.07, 6.45) is 1.56. The van der Waals surface area contributed by atoms with Crippen LogP contribution in [0.5, 0.6) is 11.5 Å². The molecule has 2 amide bonds. The molecule has 7 nitrogen and oxygen atoms in total. The van der Waals surface area contributed by atoms with Crippen LogP contribution >= 0.6 is 50.9 Å². The number of hydrogen-bond donors (Lipinski definition) is 0. The molecule has 0 aromatic heterocycles. The summed E-state index contributed by atoms with van der Waals surface area (Å²) in [5.74, 6) is -0.338. The van der Waals surface area contributed by atoms with Crippen LogP contribution in [0.25, 0.3) is 6.08 Å². The first-order valence-corrected chi connectivity index (χ1v) is 12.4. The predicted octanol–water partition coefficient (Wildman–Crippen LogP) is 6.33. The van der Waals surface area contributed by atoms with Crippen molar-refractivity contribution in [3.8, 4) is 11.5 Å². The molecule has 0 bridgehead atoms. The number of benzene rings is 2. The molecule has 1 aliphatic heterocycles. The Bertz CT molecular complexity index is 1170. The number of amides is 2. The molecule has 1 saturated heterocycles. The van der Waals surface area contributed by atoms with Gasteiger partial charge in [0.2, 0.25) is 0 Å². The Morgan fingerprint density at radius 2 is 1.88 bits per heavy atom. The number of carbonyl (C=O) groups is 3. The fraction of sp³-hybridized carbons (Fsp3) is 0.261. The van der Waals surface area contributed by atoms with E-state index in [1.54, 1.807) is 36.4 Å². The highest BCUT2D eigenvalue weighted by atomic mass is 79.9. The summed E-state index contributed by atoms with van der Waals surface area (Å²) in [7, 11) is 1.20. The van der Waals surface area contributed by atoms with E-state index in [2.05, 4.69) is 20.7 Å². The largest absolute Gasteiger partial charge is 0.490 e. The zero-order valence-corrected chi connectivity index (χ0v) is 22.3. The van der Waals surface area contributed by atoms with Crippen molar-refractivity contribution >= 4 is 74.1 Å². The summed E-state index contributed by atoms with van der Waals surface area (Å²) in [6, 6.07) is 7.52. The van der Waals surface area contributed by atoms with Crippen molar-refractivity contribution in [3.05, 3.63) is 60.9 Å². The average Bonchev–Trinajstić information content (AvgIpc) is 3.07. The van der Waals surface area contributed by atoms with E-state index in [4.69, 9.17) is 32.7 Å². The number of thioether (sulfide) groups is 1. The van der Waals surface area contributed by atoms with Gasteiger partial charge in [-0.1, -0.05) is 45.2 Å². The number of methoxy groups -OCH3 is 1. The Labute approximate surface area is 219 Å². The van der Waals surface area contributed by atoms with Crippen molar-refractivity contribution in [2.45, 2.75) is 26.5 Å². The minimum Gasteiger partial charge on any atom is -0.490 e. The maximum absolute atomic E-state index is 12.8. The predicted molar refractivity (Wildman–Crippen MR) is 135 cm³/mol. The molecule has 2 aromatic carbocycles. The summed E-state index contributed by atoms with van der Waals surface area (Å²) in [5, 5.41) is 0.467. The van der Waals surface area contributed by atoms with Gasteiger partial charge in [-0.3, -0.25) is 14.5 Å². The summed E-state index contributed by atoms with van der Waals surface area (Å²) in [6.45, 7) is 3.84. The molecule has 1 atom stereocenters. The highest BCUT2D eigenvalue weighted by molar-refractivity contribution is 9.10. The van der Waals surface area contributed by atoms with Crippen LogP contribution in [0, 0.1) is 0 Å². The van der Waals surface area contributed by atoms with E-state index in [0.29, 0.717) is 38.2 Å². The van der Waals surface area contributed by atoms with Crippen LogP contribution in [0.2, 0.25) is 10.0 Å². The molecule has 0 spiro atoms. The maximum Gasteiger partial charge on any atom is 0.328 e. The number of nitrogens with zero attached hydrogens (tertiary/aromatic N) is 1. The molecule has 0 saturated carbocycles. The molecule has 3 rings (SSSR count). The molecule has 180 valence electrons.